The van der Waals surface area contributed by atoms with Gasteiger partial charge in [-0.05, 0) is 23.8 Å². The van der Waals surface area contributed by atoms with Crippen LogP contribution in [0.2, 0.25) is 0 Å². The summed E-state index contributed by atoms with van der Waals surface area (Å²) in [7, 11) is 3.08. The monoisotopic (exact) mass is 299 g/mol. The Hall–Kier alpha value is -2.53. The molecule has 5 heteroatoms. The van der Waals surface area contributed by atoms with Crippen molar-refractivity contribution in [2.24, 2.45) is 0 Å². The van der Waals surface area contributed by atoms with E-state index in [1.165, 1.54) is 7.11 Å². The minimum absolute atomic E-state index is 0.644. The van der Waals surface area contributed by atoms with E-state index in [1.807, 2.05) is 24.3 Å². The molecule has 0 amide bonds. The summed E-state index contributed by atoms with van der Waals surface area (Å²) in [5, 5.41) is 13.2. The van der Waals surface area contributed by atoms with Crippen molar-refractivity contribution in [1.29, 1.82) is 0 Å². The van der Waals surface area contributed by atoms with E-state index in [9.17, 15) is 9.90 Å². The van der Waals surface area contributed by atoms with Gasteiger partial charge in [-0.15, -0.1) is 0 Å². The molecule has 0 bridgehead atoms. The van der Waals surface area contributed by atoms with Gasteiger partial charge in [-0.1, -0.05) is 30.3 Å². The van der Waals surface area contributed by atoms with Crippen LogP contribution in [0.3, 0.4) is 0 Å². The molecule has 0 spiro atoms. The van der Waals surface area contributed by atoms with Gasteiger partial charge in [0.2, 0.25) is 0 Å². The number of hydrogen-bond donors (Lipinski definition) is 2. The topological polar surface area (TPSA) is 67.8 Å². The van der Waals surface area contributed by atoms with Crippen molar-refractivity contribution in [2.75, 3.05) is 19.5 Å². The molecule has 1 aliphatic heterocycles. The summed E-state index contributed by atoms with van der Waals surface area (Å²) in [5.74, 6) is -0.278. The highest BCUT2D eigenvalue weighted by atomic mass is 16.5. The van der Waals surface area contributed by atoms with Crippen LogP contribution in [-0.2, 0) is 14.9 Å². The van der Waals surface area contributed by atoms with Crippen LogP contribution in [0, 0.1) is 0 Å². The maximum absolute atomic E-state index is 12.3. The van der Waals surface area contributed by atoms with Gasteiger partial charge >= 0.3 is 5.97 Å². The van der Waals surface area contributed by atoms with E-state index in [2.05, 4.69) is 5.32 Å². The molecule has 114 valence electrons. The number of rotatable bonds is 4. The number of hydrogen-bond acceptors (Lipinski definition) is 4. The van der Waals surface area contributed by atoms with Gasteiger partial charge in [0.1, 0.15) is 5.75 Å². The summed E-state index contributed by atoms with van der Waals surface area (Å²) < 4.78 is 10.6. The fourth-order valence-corrected chi connectivity index (χ4v) is 3.09. The first-order valence-corrected chi connectivity index (χ1v) is 6.91. The summed E-state index contributed by atoms with van der Waals surface area (Å²) in [4.78, 5) is 12.3. The van der Waals surface area contributed by atoms with Crippen LogP contribution in [-0.4, -0.2) is 31.5 Å². The zero-order valence-electron chi connectivity index (χ0n) is 12.4. The molecule has 2 aromatic rings. The first kappa shape index (κ1) is 14.4. The summed E-state index contributed by atoms with van der Waals surface area (Å²) in [6.07, 6.45) is -0.684. The predicted molar refractivity (Wildman–Crippen MR) is 82.3 cm³/mol. The Morgan fingerprint density at radius 1 is 1.14 bits per heavy atom. The normalized spacial score (nSPS) is 22.7. The number of benzene rings is 2. The molecule has 2 aromatic carbocycles. The molecule has 0 saturated heterocycles. The second-order valence-corrected chi connectivity index (χ2v) is 5.15. The van der Waals surface area contributed by atoms with Crippen molar-refractivity contribution >= 4 is 11.7 Å². The first-order chi connectivity index (χ1) is 10.6. The van der Waals surface area contributed by atoms with Gasteiger partial charge in [0.15, 0.2) is 11.6 Å². The number of ether oxygens (including phenoxy) is 2. The van der Waals surface area contributed by atoms with E-state index in [1.54, 1.807) is 31.4 Å². The molecule has 5 nitrogen and oxygen atoms in total. The van der Waals surface area contributed by atoms with Crippen LogP contribution in [0.15, 0.2) is 48.5 Å². The Morgan fingerprint density at radius 2 is 1.82 bits per heavy atom. The molecule has 0 unspecified atom stereocenters. The van der Waals surface area contributed by atoms with Gasteiger partial charge in [-0.2, -0.15) is 0 Å². The Morgan fingerprint density at radius 3 is 2.41 bits per heavy atom. The lowest BCUT2D eigenvalue weighted by molar-refractivity contribution is -0.146. The number of carboxylic acids is 1. The van der Waals surface area contributed by atoms with E-state index >= 15 is 0 Å². The molecule has 0 saturated carbocycles. The summed E-state index contributed by atoms with van der Waals surface area (Å²) in [6.45, 7) is 0. The van der Waals surface area contributed by atoms with Gasteiger partial charge in [-0.25, -0.2) is 0 Å². The largest absolute Gasteiger partial charge is 0.497 e. The molecule has 0 fully saturated rings. The second-order valence-electron chi connectivity index (χ2n) is 5.15. The van der Waals surface area contributed by atoms with Crippen molar-refractivity contribution in [1.82, 2.24) is 0 Å². The molecule has 2 atom stereocenters. The molecule has 1 aliphatic rings. The van der Waals surface area contributed by atoms with Crippen molar-refractivity contribution in [3.63, 3.8) is 0 Å². The van der Waals surface area contributed by atoms with E-state index in [4.69, 9.17) is 9.47 Å². The molecular formula is C17H17NO4. The van der Waals surface area contributed by atoms with Crippen molar-refractivity contribution < 1.29 is 19.4 Å². The second kappa shape index (κ2) is 5.35. The molecule has 0 aromatic heterocycles. The lowest BCUT2D eigenvalue weighted by Gasteiger charge is -2.31. The maximum atomic E-state index is 12.3. The van der Waals surface area contributed by atoms with Crippen LogP contribution in [0.5, 0.6) is 5.75 Å². The predicted octanol–water partition coefficient (Wildman–Crippen LogP) is 2.46. The maximum Gasteiger partial charge on any atom is 0.323 e. The third kappa shape index (κ3) is 1.86. The summed E-state index contributed by atoms with van der Waals surface area (Å²) >= 11 is 0. The quantitative estimate of drug-likeness (QED) is 0.907. The number of nitrogens with one attached hydrogen (secondary N) is 1. The molecular weight excluding hydrogens is 282 g/mol. The average Bonchev–Trinajstić information content (AvgIpc) is 2.90. The fourth-order valence-electron chi connectivity index (χ4n) is 3.09. The number of para-hydroxylation sites is 1. The minimum atomic E-state index is -1.29. The number of carboxylic acid groups (broad SMARTS) is 1. The van der Waals surface area contributed by atoms with E-state index in [0.717, 1.165) is 5.69 Å². The number of carbonyl (C=O) groups is 1. The van der Waals surface area contributed by atoms with Crippen molar-refractivity contribution in [2.45, 2.75) is 11.6 Å². The Labute approximate surface area is 128 Å². The lowest BCUT2D eigenvalue weighted by Crippen LogP contribution is -2.47. The molecule has 1 heterocycles. The molecule has 3 rings (SSSR count). The number of fused-ring (bicyclic) bond motifs is 1. The van der Waals surface area contributed by atoms with Crippen LogP contribution >= 0.6 is 0 Å². The molecule has 0 radical (unpaired) electrons. The van der Waals surface area contributed by atoms with E-state index in [-0.39, 0.29) is 0 Å². The zero-order valence-corrected chi connectivity index (χ0v) is 12.4. The first-order valence-electron chi connectivity index (χ1n) is 6.91. The molecule has 22 heavy (non-hydrogen) atoms. The highest BCUT2D eigenvalue weighted by Crippen LogP contribution is 2.46. The molecule has 2 N–H and O–H groups in total. The van der Waals surface area contributed by atoms with Crippen molar-refractivity contribution in [3.8, 4) is 5.75 Å². The highest BCUT2D eigenvalue weighted by molar-refractivity contribution is 5.92. The van der Waals surface area contributed by atoms with Gasteiger partial charge in [0.05, 0.1) is 7.11 Å². The van der Waals surface area contributed by atoms with Crippen LogP contribution in [0.4, 0.5) is 5.69 Å². The highest BCUT2D eigenvalue weighted by Gasteiger charge is 2.55. The van der Waals surface area contributed by atoms with Crippen LogP contribution < -0.4 is 10.1 Å². The summed E-state index contributed by atoms with van der Waals surface area (Å²) in [6, 6.07) is 14.4. The Kier molecular flexibility index (Phi) is 3.50. The average molecular weight is 299 g/mol. The van der Waals surface area contributed by atoms with Crippen molar-refractivity contribution in [3.05, 3.63) is 59.7 Å². The van der Waals surface area contributed by atoms with Gasteiger partial charge in [0, 0.05) is 18.4 Å². The van der Waals surface area contributed by atoms with Gasteiger partial charge < -0.3 is 19.9 Å². The van der Waals surface area contributed by atoms with Gasteiger partial charge in [0.25, 0.3) is 0 Å². The Bertz CT molecular complexity index is 698. The third-order valence-electron chi connectivity index (χ3n) is 4.15. The Balaban J connectivity index is 2.24. The van der Waals surface area contributed by atoms with Crippen LogP contribution in [0.25, 0.3) is 0 Å². The SMILES string of the molecule is COc1ccc([C@@]2(C(=O)O)c3ccccc3N[C@@H]2OC)cc1. The minimum Gasteiger partial charge on any atom is -0.497 e. The van der Waals surface area contributed by atoms with E-state index in [0.29, 0.717) is 16.9 Å². The van der Waals surface area contributed by atoms with E-state index < -0.39 is 17.6 Å². The smallest absolute Gasteiger partial charge is 0.323 e. The number of aliphatic carboxylic acids is 1. The number of methoxy groups -OCH3 is 2. The fraction of sp³-hybridized carbons (Fsp3) is 0.235. The zero-order chi connectivity index (χ0) is 15.7. The third-order valence-corrected chi connectivity index (χ3v) is 4.15. The van der Waals surface area contributed by atoms with Gasteiger partial charge in [-0.3, -0.25) is 4.79 Å². The lowest BCUT2D eigenvalue weighted by atomic mass is 9.74. The molecule has 0 aliphatic carbocycles. The van der Waals surface area contributed by atoms with Crippen LogP contribution in [0.1, 0.15) is 11.1 Å². The number of anilines is 1. The summed E-state index contributed by atoms with van der Waals surface area (Å²) in [5.41, 5.74) is 0.814. The standard InChI is InChI=1S/C17H17NO4/c1-21-12-9-7-11(8-10-12)17(16(19)20)13-5-3-4-6-14(13)18-15(17)22-2/h3-10,15,18H,1-2H3,(H,19,20)/t15-,17-/m1/s1.